The van der Waals surface area contributed by atoms with Crippen LogP contribution in [0.2, 0.25) is 0 Å². The molecule has 0 bridgehead atoms. The van der Waals surface area contributed by atoms with Crippen molar-refractivity contribution >= 4 is 27.7 Å². The van der Waals surface area contributed by atoms with Crippen LogP contribution in [-0.2, 0) is 29.5 Å². The van der Waals surface area contributed by atoms with Crippen LogP contribution in [0.15, 0.2) is 30.3 Å². The second-order valence-corrected chi connectivity index (χ2v) is 8.73. The van der Waals surface area contributed by atoms with Gasteiger partial charge in [-0.1, -0.05) is 12.1 Å². The molecule has 33 heavy (non-hydrogen) atoms. The van der Waals surface area contributed by atoms with Gasteiger partial charge in [-0.2, -0.15) is 26.3 Å². The number of aromatic nitrogens is 1. The van der Waals surface area contributed by atoms with Crippen LogP contribution in [0.5, 0.6) is 0 Å². The van der Waals surface area contributed by atoms with Gasteiger partial charge in [0.1, 0.15) is 17.3 Å². The molecule has 0 aliphatic carbocycles. The number of benzene rings is 1. The number of rotatable bonds is 7. The summed E-state index contributed by atoms with van der Waals surface area (Å²) >= 11 is 0. The van der Waals surface area contributed by atoms with Gasteiger partial charge in [0.05, 0.1) is 0 Å². The molecule has 1 fully saturated rings. The summed E-state index contributed by atoms with van der Waals surface area (Å²) in [4.78, 5) is 17.7. The third-order valence-electron chi connectivity index (χ3n) is 4.87. The Morgan fingerprint density at radius 3 is 2.36 bits per heavy atom. The molecule has 2 amide bonds. The van der Waals surface area contributed by atoms with Crippen LogP contribution in [0.3, 0.4) is 0 Å². The van der Waals surface area contributed by atoms with Gasteiger partial charge in [-0.05, 0) is 31.0 Å². The molecule has 180 valence electrons. The second kappa shape index (κ2) is 9.89. The summed E-state index contributed by atoms with van der Waals surface area (Å²) in [5, 5.41) is 9.73. The lowest BCUT2D eigenvalue weighted by Gasteiger charge is -2.22. The number of urea groups is 1. The molecule has 1 aliphatic heterocycles. The molecule has 1 saturated heterocycles. The predicted octanol–water partition coefficient (Wildman–Crippen LogP) is 2.45. The maximum Gasteiger partial charge on any atom is 0.433 e. The van der Waals surface area contributed by atoms with E-state index in [4.69, 9.17) is 5.14 Å². The van der Waals surface area contributed by atoms with Crippen molar-refractivity contribution in [1.82, 2.24) is 15.0 Å². The van der Waals surface area contributed by atoms with Crippen molar-refractivity contribution < 1.29 is 30.8 Å². The molecule has 3 rings (SSSR count). The van der Waals surface area contributed by atoms with Crippen molar-refractivity contribution in [2.24, 2.45) is 5.14 Å². The first kappa shape index (κ1) is 24.7. The number of nitrogens with zero attached hydrogens (tertiary/aromatic N) is 2. The number of nitrogens with one attached hydrogen (secondary N) is 3. The van der Waals surface area contributed by atoms with E-state index in [1.807, 2.05) is 4.72 Å². The molecule has 9 nitrogen and oxygen atoms in total. The van der Waals surface area contributed by atoms with E-state index in [0.717, 1.165) is 25.0 Å². The van der Waals surface area contributed by atoms with E-state index < -0.39 is 33.9 Å². The Morgan fingerprint density at radius 2 is 1.76 bits per heavy atom. The van der Waals surface area contributed by atoms with Crippen LogP contribution in [0.25, 0.3) is 0 Å². The van der Waals surface area contributed by atoms with Gasteiger partial charge in [0.25, 0.3) is 10.2 Å². The first-order valence-electron chi connectivity index (χ1n) is 9.85. The number of halogens is 4. The Bertz CT molecular complexity index is 1120. The zero-order valence-corrected chi connectivity index (χ0v) is 18.1. The molecule has 0 radical (unpaired) electrons. The highest BCUT2D eigenvalue weighted by Crippen LogP contribution is 2.31. The summed E-state index contributed by atoms with van der Waals surface area (Å²) in [6.45, 7) is 0.678. The van der Waals surface area contributed by atoms with Gasteiger partial charge in [-0.15, -0.1) is 0 Å². The minimum Gasteiger partial charge on any atom is -0.356 e. The second-order valence-electron chi connectivity index (χ2n) is 7.35. The molecule has 2 heterocycles. The fraction of sp³-hybridized carbons (Fsp3) is 0.368. The summed E-state index contributed by atoms with van der Waals surface area (Å²) in [5.41, 5.74) is -0.489. The first-order valence-corrected chi connectivity index (χ1v) is 11.4. The summed E-state index contributed by atoms with van der Waals surface area (Å²) in [6, 6.07) is 5.05. The third kappa shape index (κ3) is 7.00. The summed E-state index contributed by atoms with van der Waals surface area (Å²) in [6.07, 6.45) is -2.92. The largest absolute Gasteiger partial charge is 0.433 e. The van der Waals surface area contributed by atoms with E-state index in [9.17, 15) is 30.8 Å². The highest BCUT2D eigenvalue weighted by atomic mass is 32.2. The number of carbonyl (C=O) groups is 1. The molecule has 1 aliphatic rings. The van der Waals surface area contributed by atoms with E-state index in [2.05, 4.69) is 15.6 Å². The lowest BCUT2D eigenvalue weighted by Crippen LogP contribution is -2.31. The molecule has 14 heteroatoms. The Balaban J connectivity index is 1.65. The topological polar surface area (TPSA) is 129 Å². The average Bonchev–Trinajstić information content (AvgIpc) is 3.25. The number of hydrogen-bond donors (Lipinski definition) is 4. The first-order chi connectivity index (χ1) is 15.4. The molecule has 2 aromatic rings. The molecular formula is C19H22F4N6O3S. The van der Waals surface area contributed by atoms with Crippen LogP contribution < -0.4 is 25.4 Å². The van der Waals surface area contributed by atoms with Crippen molar-refractivity contribution in [3.8, 4) is 0 Å². The number of pyridine rings is 1. The standard InChI is InChI=1S/C19H22F4N6O3S/c20-15-9-14(5-3-12(15)11-26-33(24,31)32)27-18(30)25-10-13-4-6-16(19(21,22)23)28-17(13)29-7-1-2-8-29/h3-6,9,26H,1-2,7-8,10-11H2,(H2,24,31,32)(H2,25,27,30). The van der Waals surface area contributed by atoms with Gasteiger partial charge in [0.2, 0.25) is 0 Å². The maximum atomic E-state index is 14.1. The maximum absolute atomic E-state index is 14.1. The van der Waals surface area contributed by atoms with E-state index in [1.54, 1.807) is 4.90 Å². The summed E-state index contributed by atoms with van der Waals surface area (Å²) < 4.78 is 77.1. The zero-order valence-electron chi connectivity index (χ0n) is 17.2. The molecule has 1 aromatic carbocycles. The van der Waals surface area contributed by atoms with Crippen LogP contribution in [0.4, 0.5) is 33.9 Å². The number of amides is 2. The Kier molecular flexibility index (Phi) is 7.39. The van der Waals surface area contributed by atoms with Crippen molar-refractivity contribution in [3.63, 3.8) is 0 Å². The highest BCUT2D eigenvalue weighted by molar-refractivity contribution is 7.87. The Hall–Kier alpha value is -2.97. The number of carbonyl (C=O) groups excluding carboxylic acids is 1. The van der Waals surface area contributed by atoms with E-state index in [0.29, 0.717) is 18.7 Å². The Labute approximate surface area is 187 Å². The van der Waals surface area contributed by atoms with E-state index >= 15 is 0 Å². The van der Waals surface area contributed by atoms with Crippen molar-refractivity contribution in [1.29, 1.82) is 0 Å². The number of anilines is 2. The lowest BCUT2D eigenvalue weighted by molar-refractivity contribution is -0.141. The van der Waals surface area contributed by atoms with Crippen LogP contribution in [-0.4, -0.2) is 32.5 Å². The van der Waals surface area contributed by atoms with Crippen molar-refractivity contribution in [2.45, 2.75) is 32.1 Å². The molecule has 0 saturated carbocycles. The summed E-state index contributed by atoms with van der Waals surface area (Å²) in [5.74, 6) is -0.604. The van der Waals surface area contributed by atoms with Crippen LogP contribution in [0.1, 0.15) is 29.7 Å². The molecule has 0 atom stereocenters. The number of alkyl halides is 3. The monoisotopic (exact) mass is 490 g/mol. The fourth-order valence-electron chi connectivity index (χ4n) is 3.27. The minimum atomic E-state index is -4.59. The highest BCUT2D eigenvalue weighted by Gasteiger charge is 2.34. The van der Waals surface area contributed by atoms with Gasteiger partial charge in [0, 0.05) is 43.0 Å². The number of hydrogen-bond acceptors (Lipinski definition) is 5. The lowest BCUT2D eigenvalue weighted by atomic mass is 10.2. The normalized spacial score (nSPS) is 14.4. The van der Waals surface area contributed by atoms with Crippen molar-refractivity contribution in [3.05, 3.63) is 53.0 Å². The minimum absolute atomic E-state index is 0.0149. The molecule has 0 spiro atoms. The van der Waals surface area contributed by atoms with Gasteiger partial charge in [0.15, 0.2) is 0 Å². The quantitative estimate of drug-likeness (QED) is 0.443. The van der Waals surface area contributed by atoms with Gasteiger partial charge >= 0.3 is 12.2 Å². The van der Waals surface area contributed by atoms with Gasteiger partial charge < -0.3 is 15.5 Å². The van der Waals surface area contributed by atoms with Crippen molar-refractivity contribution in [2.75, 3.05) is 23.3 Å². The Morgan fingerprint density at radius 1 is 1.09 bits per heavy atom. The third-order valence-corrected chi connectivity index (χ3v) is 5.41. The summed E-state index contributed by atoms with van der Waals surface area (Å²) in [7, 11) is -3.99. The predicted molar refractivity (Wildman–Crippen MR) is 113 cm³/mol. The van der Waals surface area contributed by atoms with Gasteiger partial charge in [-0.3, -0.25) is 0 Å². The molecule has 1 aromatic heterocycles. The zero-order chi connectivity index (χ0) is 24.2. The molecular weight excluding hydrogens is 468 g/mol. The molecule has 5 N–H and O–H groups in total. The smallest absolute Gasteiger partial charge is 0.356 e. The van der Waals surface area contributed by atoms with E-state index in [-0.39, 0.29) is 30.2 Å². The number of nitrogens with two attached hydrogens (primary N) is 1. The van der Waals surface area contributed by atoms with Crippen LogP contribution >= 0.6 is 0 Å². The fourth-order valence-corrected chi connectivity index (χ4v) is 3.63. The average molecular weight is 490 g/mol. The molecule has 0 unspecified atom stereocenters. The van der Waals surface area contributed by atoms with Gasteiger partial charge in [-0.25, -0.2) is 19.3 Å². The SMILES string of the molecule is NS(=O)(=O)NCc1ccc(NC(=O)NCc2ccc(C(F)(F)F)nc2N2CCCC2)cc1F. The van der Waals surface area contributed by atoms with Crippen LogP contribution in [0, 0.1) is 5.82 Å². The van der Waals surface area contributed by atoms with E-state index in [1.165, 1.54) is 18.2 Å².